The maximum atomic E-state index is 11.9. The highest BCUT2D eigenvalue weighted by Gasteiger charge is 2.16. The molecule has 6 nitrogen and oxygen atoms in total. The third-order valence-electron chi connectivity index (χ3n) is 3.06. The molecule has 0 radical (unpaired) electrons. The molecule has 0 fully saturated rings. The summed E-state index contributed by atoms with van der Waals surface area (Å²) >= 11 is 0. The highest BCUT2D eigenvalue weighted by atomic mass is 32.2. The first-order valence-electron chi connectivity index (χ1n) is 6.26. The van der Waals surface area contributed by atoms with E-state index in [0.717, 1.165) is 12.8 Å². The Hall–Kier alpha value is -1.34. The summed E-state index contributed by atoms with van der Waals surface area (Å²) in [5.41, 5.74) is 0.194. The van der Waals surface area contributed by atoms with Gasteiger partial charge in [0.1, 0.15) is 5.69 Å². The van der Waals surface area contributed by atoms with Crippen LogP contribution in [0.3, 0.4) is 0 Å². The van der Waals surface area contributed by atoms with Gasteiger partial charge in [0, 0.05) is 12.2 Å². The van der Waals surface area contributed by atoms with E-state index >= 15 is 0 Å². The molecule has 1 heterocycles. The van der Waals surface area contributed by atoms with Crippen molar-refractivity contribution in [3.05, 3.63) is 18.0 Å². The van der Waals surface area contributed by atoms with Crippen molar-refractivity contribution in [2.24, 2.45) is 11.1 Å². The number of primary sulfonamides is 1. The number of nitrogens with one attached hydrogen (secondary N) is 2. The van der Waals surface area contributed by atoms with Gasteiger partial charge in [-0.1, -0.05) is 20.3 Å². The van der Waals surface area contributed by atoms with Crippen LogP contribution in [0.5, 0.6) is 0 Å². The van der Waals surface area contributed by atoms with E-state index in [9.17, 15) is 13.2 Å². The van der Waals surface area contributed by atoms with Crippen molar-refractivity contribution >= 4 is 15.9 Å². The van der Waals surface area contributed by atoms with Gasteiger partial charge in [-0.25, -0.2) is 13.6 Å². The zero-order valence-electron chi connectivity index (χ0n) is 11.4. The van der Waals surface area contributed by atoms with Crippen LogP contribution in [0.1, 0.15) is 44.1 Å². The topological polar surface area (TPSA) is 105 Å². The Morgan fingerprint density at radius 1 is 1.47 bits per heavy atom. The molecule has 1 amide bonds. The van der Waals surface area contributed by atoms with Crippen LogP contribution in [-0.4, -0.2) is 25.4 Å². The molecule has 2 atom stereocenters. The standard InChI is InChI=1S/C12H21N3O3S/c1-4-8(2)5-9(3)15-12(16)11-6-10(7-14-11)19(13,17)18/h6-9,14H,4-5H2,1-3H3,(H,15,16)(H2,13,17,18). The summed E-state index contributed by atoms with van der Waals surface area (Å²) in [5, 5.41) is 7.80. The molecular formula is C12H21N3O3S. The summed E-state index contributed by atoms with van der Waals surface area (Å²) in [5.74, 6) is 0.199. The summed E-state index contributed by atoms with van der Waals surface area (Å²) in [4.78, 5) is 14.4. The number of sulfonamides is 1. The van der Waals surface area contributed by atoms with E-state index < -0.39 is 10.0 Å². The predicted octanol–water partition coefficient (Wildman–Crippen LogP) is 1.22. The number of rotatable bonds is 6. The number of carbonyl (C=O) groups excluding carboxylic acids is 1. The lowest BCUT2D eigenvalue weighted by molar-refractivity contribution is 0.0931. The molecular weight excluding hydrogens is 266 g/mol. The van der Waals surface area contributed by atoms with Crippen molar-refractivity contribution < 1.29 is 13.2 Å². The number of nitrogens with two attached hydrogens (primary N) is 1. The second kappa shape index (κ2) is 6.21. The maximum Gasteiger partial charge on any atom is 0.267 e. The van der Waals surface area contributed by atoms with E-state index in [1.54, 1.807) is 0 Å². The van der Waals surface area contributed by atoms with E-state index in [0.29, 0.717) is 5.92 Å². The average molecular weight is 287 g/mol. The lowest BCUT2D eigenvalue weighted by Crippen LogP contribution is -2.33. The van der Waals surface area contributed by atoms with Crippen LogP contribution >= 0.6 is 0 Å². The molecule has 2 unspecified atom stereocenters. The van der Waals surface area contributed by atoms with E-state index in [4.69, 9.17) is 5.14 Å². The minimum absolute atomic E-state index is 0.0312. The fourth-order valence-electron chi connectivity index (χ4n) is 1.80. The molecule has 0 bridgehead atoms. The highest BCUT2D eigenvalue weighted by molar-refractivity contribution is 7.89. The molecule has 1 aromatic heterocycles. The number of hydrogen-bond acceptors (Lipinski definition) is 3. The monoisotopic (exact) mass is 287 g/mol. The fourth-order valence-corrected chi connectivity index (χ4v) is 2.31. The van der Waals surface area contributed by atoms with Crippen molar-refractivity contribution in [3.8, 4) is 0 Å². The molecule has 0 aliphatic heterocycles. The van der Waals surface area contributed by atoms with E-state index in [2.05, 4.69) is 24.1 Å². The maximum absolute atomic E-state index is 11.9. The summed E-state index contributed by atoms with van der Waals surface area (Å²) < 4.78 is 22.2. The first kappa shape index (κ1) is 15.7. The van der Waals surface area contributed by atoms with Gasteiger partial charge in [0.15, 0.2) is 0 Å². The summed E-state index contributed by atoms with van der Waals surface area (Å²) in [6.07, 6.45) is 3.15. The fraction of sp³-hybridized carbons (Fsp3) is 0.583. The van der Waals surface area contributed by atoms with Gasteiger partial charge in [-0.2, -0.15) is 0 Å². The van der Waals surface area contributed by atoms with Crippen LogP contribution in [0.4, 0.5) is 0 Å². The van der Waals surface area contributed by atoms with Crippen molar-refractivity contribution in [1.29, 1.82) is 0 Å². The first-order chi connectivity index (χ1) is 8.74. The van der Waals surface area contributed by atoms with Crippen LogP contribution in [-0.2, 0) is 10.0 Å². The van der Waals surface area contributed by atoms with Crippen molar-refractivity contribution in [3.63, 3.8) is 0 Å². The summed E-state index contributed by atoms with van der Waals surface area (Å²) in [6, 6.07) is 1.27. The Kier molecular flexibility index (Phi) is 5.13. The van der Waals surface area contributed by atoms with Gasteiger partial charge in [0.05, 0.1) is 4.90 Å². The summed E-state index contributed by atoms with van der Waals surface area (Å²) in [6.45, 7) is 6.15. The van der Waals surface area contributed by atoms with Crippen molar-refractivity contribution in [2.75, 3.05) is 0 Å². The van der Waals surface area contributed by atoms with Crippen LogP contribution in [0.15, 0.2) is 17.2 Å². The van der Waals surface area contributed by atoms with E-state index in [1.807, 2.05) is 6.92 Å². The smallest absolute Gasteiger partial charge is 0.267 e. The van der Waals surface area contributed by atoms with Crippen molar-refractivity contribution in [1.82, 2.24) is 10.3 Å². The van der Waals surface area contributed by atoms with Crippen LogP contribution in [0.2, 0.25) is 0 Å². The molecule has 1 aromatic rings. The number of carbonyl (C=O) groups is 1. The number of H-pyrrole nitrogens is 1. The molecule has 0 aromatic carbocycles. The normalized spacial score (nSPS) is 14.9. The van der Waals surface area contributed by atoms with Gasteiger partial charge in [0.2, 0.25) is 10.0 Å². The van der Waals surface area contributed by atoms with Gasteiger partial charge in [0.25, 0.3) is 5.91 Å². The molecule has 19 heavy (non-hydrogen) atoms. The number of hydrogen-bond donors (Lipinski definition) is 3. The lowest BCUT2D eigenvalue weighted by atomic mass is 10.0. The molecule has 108 valence electrons. The van der Waals surface area contributed by atoms with Crippen molar-refractivity contribution in [2.45, 2.75) is 44.6 Å². The second-order valence-electron chi connectivity index (χ2n) is 4.92. The van der Waals surface area contributed by atoms with Crippen LogP contribution < -0.4 is 10.5 Å². The molecule has 0 aliphatic carbocycles. The third-order valence-corrected chi connectivity index (χ3v) is 3.95. The molecule has 0 saturated carbocycles. The molecule has 0 saturated heterocycles. The Balaban J connectivity index is 2.66. The van der Waals surface area contributed by atoms with Gasteiger partial charge in [-0.15, -0.1) is 0 Å². The van der Waals surface area contributed by atoms with Gasteiger partial charge >= 0.3 is 0 Å². The van der Waals surface area contributed by atoms with E-state index in [1.165, 1.54) is 12.3 Å². The Bertz CT molecular complexity index is 536. The quantitative estimate of drug-likeness (QED) is 0.732. The van der Waals surface area contributed by atoms with E-state index in [-0.39, 0.29) is 22.5 Å². The van der Waals surface area contributed by atoms with Gasteiger partial charge < -0.3 is 10.3 Å². The number of aromatic amines is 1. The van der Waals surface area contributed by atoms with Gasteiger partial charge in [-0.3, -0.25) is 4.79 Å². The lowest BCUT2D eigenvalue weighted by Gasteiger charge is -2.16. The molecule has 0 aliphatic rings. The van der Waals surface area contributed by atoms with Crippen LogP contribution in [0, 0.1) is 5.92 Å². The third kappa shape index (κ3) is 4.68. The predicted molar refractivity (Wildman–Crippen MR) is 73.2 cm³/mol. The zero-order valence-corrected chi connectivity index (χ0v) is 12.3. The van der Waals surface area contributed by atoms with Crippen LogP contribution in [0.25, 0.3) is 0 Å². The SMILES string of the molecule is CCC(C)CC(C)NC(=O)c1cc(S(N)(=O)=O)c[nH]1. The second-order valence-corrected chi connectivity index (χ2v) is 6.48. The average Bonchev–Trinajstić information content (AvgIpc) is 2.77. The zero-order chi connectivity index (χ0) is 14.6. The largest absolute Gasteiger partial charge is 0.356 e. The number of aromatic nitrogens is 1. The molecule has 1 rings (SSSR count). The molecule has 4 N–H and O–H groups in total. The Morgan fingerprint density at radius 2 is 2.11 bits per heavy atom. The number of amides is 1. The first-order valence-corrected chi connectivity index (χ1v) is 7.80. The highest BCUT2D eigenvalue weighted by Crippen LogP contribution is 2.11. The molecule has 7 heteroatoms. The summed E-state index contributed by atoms with van der Waals surface area (Å²) in [7, 11) is -3.78. The Morgan fingerprint density at radius 3 is 2.58 bits per heavy atom. The minimum Gasteiger partial charge on any atom is -0.356 e. The van der Waals surface area contributed by atoms with Gasteiger partial charge in [-0.05, 0) is 25.3 Å². The minimum atomic E-state index is -3.78. The molecule has 0 spiro atoms. The Labute approximate surface area is 113 Å².